The molecule has 1 atom stereocenters. The molecule has 0 unspecified atom stereocenters. The molecule has 1 amide bonds. The van der Waals surface area contributed by atoms with Crippen molar-refractivity contribution in [3.8, 4) is 0 Å². The Morgan fingerprint density at radius 3 is 2.23 bits per heavy atom. The van der Waals surface area contributed by atoms with Crippen LogP contribution in [0.15, 0.2) is 60.7 Å². The second kappa shape index (κ2) is 7.92. The molecule has 1 aliphatic heterocycles. The average Bonchev–Trinajstić information content (AvgIpc) is 2.62. The molecule has 4 nitrogen and oxygen atoms in total. The second-order valence-electron chi connectivity index (χ2n) is 7.82. The molecule has 0 aromatic heterocycles. The zero-order valence-electron chi connectivity index (χ0n) is 15.9. The van der Waals surface area contributed by atoms with E-state index in [1.807, 2.05) is 49.9 Å². The van der Waals surface area contributed by atoms with Crippen molar-refractivity contribution in [1.82, 2.24) is 9.80 Å². The number of hydrogen-bond donors (Lipinski definition) is 0. The second-order valence-corrected chi connectivity index (χ2v) is 7.82. The van der Waals surface area contributed by atoms with E-state index in [1.165, 1.54) is 5.56 Å². The summed E-state index contributed by atoms with van der Waals surface area (Å²) in [5.74, 6) is 0. The average molecular weight is 352 g/mol. The molecule has 1 fully saturated rings. The molecule has 1 heterocycles. The summed E-state index contributed by atoms with van der Waals surface area (Å²) >= 11 is 0. The van der Waals surface area contributed by atoms with Crippen LogP contribution in [0.1, 0.15) is 37.9 Å². The summed E-state index contributed by atoms with van der Waals surface area (Å²) in [6, 6.07) is 20.7. The highest BCUT2D eigenvalue weighted by atomic mass is 16.6. The third kappa shape index (κ3) is 4.85. The molecule has 1 saturated heterocycles. The van der Waals surface area contributed by atoms with Crippen molar-refractivity contribution in [3.63, 3.8) is 0 Å². The van der Waals surface area contributed by atoms with Crippen LogP contribution in [0.2, 0.25) is 0 Å². The number of carbonyl (C=O) groups is 1. The Morgan fingerprint density at radius 2 is 1.62 bits per heavy atom. The summed E-state index contributed by atoms with van der Waals surface area (Å²) in [6.45, 7) is 8.94. The predicted octanol–water partition coefficient (Wildman–Crippen LogP) is 4.48. The SMILES string of the molecule is CC(C)(C)OC(=O)N1CCN(Cc2ccccc2)C[C@@H]1c1ccccc1. The summed E-state index contributed by atoms with van der Waals surface area (Å²) < 4.78 is 5.65. The van der Waals surface area contributed by atoms with Crippen LogP contribution >= 0.6 is 0 Å². The molecule has 1 aliphatic rings. The van der Waals surface area contributed by atoms with Crippen molar-refractivity contribution >= 4 is 6.09 Å². The summed E-state index contributed by atoms with van der Waals surface area (Å²) in [5, 5.41) is 0. The number of benzene rings is 2. The maximum atomic E-state index is 12.7. The van der Waals surface area contributed by atoms with Crippen molar-refractivity contribution in [3.05, 3.63) is 71.8 Å². The van der Waals surface area contributed by atoms with Gasteiger partial charge in [-0.15, -0.1) is 0 Å². The highest BCUT2D eigenvalue weighted by molar-refractivity contribution is 5.69. The third-order valence-corrected chi connectivity index (χ3v) is 4.53. The molecule has 0 saturated carbocycles. The zero-order valence-corrected chi connectivity index (χ0v) is 15.9. The largest absolute Gasteiger partial charge is 0.444 e. The minimum absolute atomic E-state index is 0.00325. The van der Waals surface area contributed by atoms with E-state index in [4.69, 9.17) is 4.74 Å². The van der Waals surface area contributed by atoms with Crippen LogP contribution < -0.4 is 0 Å². The van der Waals surface area contributed by atoms with Crippen molar-refractivity contribution < 1.29 is 9.53 Å². The summed E-state index contributed by atoms with van der Waals surface area (Å²) in [6.07, 6.45) is -0.231. The molecule has 0 bridgehead atoms. The molecule has 2 aromatic carbocycles. The lowest BCUT2D eigenvalue weighted by molar-refractivity contribution is -0.00298. The van der Waals surface area contributed by atoms with E-state index in [0.717, 1.165) is 25.2 Å². The fourth-order valence-corrected chi connectivity index (χ4v) is 3.32. The van der Waals surface area contributed by atoms with Crippen LogP contribution in [-0.2, 0) is 11.3 Å². The third-order valence-electron chi connectivity index (χ3n) is 4.53. The lowest BCUT2D eigenvalue weighted by Gasteiger charge is -2.42. The number of amides is 1. The lowest BCUT2D eigenvalue weighted by Crippen LogP contribution is -2.51. The normalized spacial score (nSPS) is 18.6. The van der Waals surface area contributed by atoms with E-state index in [9.17, 15) is 4.79 Å². The van der Waals surface area contributed by atoms with Gasteiger partial charge in [0.25, 0.3) is 0 Å². The Kier molecular flexibility index (Phi) is 5.62. The Morgan fingerprint density at radius 1 is 1.00 bits per heavy atom. The van der Waals surface area contributed by atoms with Crippen molar-refractivity contribution in [2.75, 3.05) is 19.6 Å². The van der Waals surface area contributed by atoms with Crippen LogP contribution in [0.3, 0.4) is 0 Å². The van der Waals surface area contributed by atoms with Gasteiger partial charge in [-0.2, -0.15) is 0 Å². The van der Waals surface area contributed by atoms with Gasteiger partial charge < -0.3 is 4.74 Å². The Balaban J connectivity index is 1.77. The highest BCUT2D eigenvalue weighted by Gasteiger charge is 2.34. The van der Waals surface area contributed by atoms with Gasteiger partial charge in [0.1, 0.15) is 5.60 Å². The summed E-state index contributed by atoms with van der Waals surface area (Å²) in [7, 11) is 0. The van der Waals surface area contributed by atoms with E-state index in [1.54, 1.807) is 0 Å². The first kappa shape index (κ1) is 18.5. The van der Waals surface area contributed by atoms with Crippen LogP contribution in [0, 0.1) is 0 Å². The fraction of sp³-hybridized carbons (Fsp3) is 0.409. The number of rotatable bonds is 3. The van der Waals surface area contributed by atoms with Crippen LogP contribution in [0.5, 0.6) is 0 Å². The maximum Gasteiger partial charge on any atom is 0.410 e. The number of hydrogen-bond acceptors (Lipinski definition) is 3. The first-order chi connectivity index (χ1) is 12.4. The zero-order chi connectivity index (χ0) is 18.6. The van der Waals surface area contributed by atoms with Crippen molar-refractivity contribution in [1.29, 1.82) is 0 Å². The minimum Gasteiger partial charge on any atom is -0.444 e. The molecule has 138 valence electrons. The Hall–Kier alpha value is -2.33. The van der Waals surface area contributed by atoms with Gasteiger partial charge in [-0.05, 0) is 31.9 Å². The monoisotopic (exact) mass is 352 g/mol. The van der Waals surface area contributed by atoms with E-state index >= 15 is 0 Å². The van der Waals surface area contributed by atoms with Gasteiger partial charge in [0.2, 0.25) is 0 Å². The summed E-state index contributed by atoms with van der Waals surface area (Å²) in [4.78, 5) is 17.0. The first-order valence-electron chi connectivity index (χ1n) is 9.23. The van der Waals surface area contributed by atoms with Gasteiger partial charge in [0.15, 0.2) is 0 Å². The van der Waals surface area contributed by atoms with Gasteiger partial charge in [0, 0.05) is 26.2 Å². The maximum absolute atomic E-state index is 12.7. The van der Waals surface area contributed by atoms with E-state index < -0.39 is 5.60 Å². The molecule has 26 heavy (non-hydrogen) atoms. The molecule has 0 aliphatic carbocycles. The molecule has 0 radical (unpaired) electrons. The highest BCUT2D eigenvalue weighted by Crippen LogP contribution is 2.28. The topological polar surface area (TPSA) is 32.8 Å². The molecular weight excluding hydrogens is 324 g/mol. The Labute approximate surface area is 156 Å². The molecular formula is C22H28N2O2. The predicted molar refractivity (Wildman–Crippen MR) is 104 cm³/mol. The number of carbonyl (C=O) groups excluding carboxylic acids is 1. The standard InChI is InChI=1S/C22H28N2O2/c1-22(2,3)26-21(25)24-15-14-23(16-18-10-6-4-7-11-18)17-20(24)19-12-8-5-9-13-19/h4-13,20H,14-17H2,1-3H3/t20-/m1/s1. The van der Waals surface area contributed by atoms with Crippen molar-refractivity contribution in [2.45, 2.75) is 39.0 Å². The van der Waals surface area contributed by atoms with Gasteiger partial charge in [-0.3, -0.25) is 9.80 Å². The molecule has 4 heteroatoms. The molecule has 2 aromatic rings. The molecule has 0 N–H and O–H groups in total. The minimum atomic E-state index is -0.487. The number of piperazine rings is 1. The van der Waals surface area contributed by atoms with Gasteiger partial charge in [-0.25, -0.2) is 4.79 Å². The number of ether oxygens (including phenoxy) is 1. The van der Waals surface area contributed by atoms with Crippen molar-refractivity contribution in [2.24, 2.45) is 0 Å². The Bertz CT molecular complexity index is 710. The van der Waals surface area contributed by atoms with Crippen LogP contribution in [0.4, 0.5) is 4.79 Å². The van der Waals surface area contributed by atoms with Gasteiger partial charge in [-0.1, -0.05) is 60.7 Å². The van der Waals surface area contributed by atoms with Gasteiger partial charge in [0.05, 0.1) is 6.04 Å². The quantitative estimate of drug-likeness (QED) is 0.816. The summed E-state index contributed by atoms with van der Waals surface area (Å²) in [5.41, 5.74) is 1.96. The smallest absolute Gasteiger partial charge is 0.410 e. The van der Waals surface area contributed by atoms with E-state index in [2.05, 4.69) is 41.3 Å². The van der Waals surface area contributed by atoms with Crippen LogP contribution in [-0.4, -0.2) is 41.1 Å². The number of nitrogens with zero attached hydrogens (tertiary/aromatic N) is 2. The van der Waals surface area contributed by atoms with Gasteiger partial charge >= 0.3 is 6.09 Å². The van der Waals surface area contributed by atoms with E-state index in [-0.39, 0.29) is 12.1 Å². The van der Waals surface area contributed by atoms with Crippen LogP contribution in [0.25, 0.3) is 0 Å². The lowest BCUT2D eigenvalue weighted by atomic mass is 10.0. The first-order valence-corrected chi connectivity index (χ1v) is 9.23. The fourth-order valence-electron chi connectivity index (χ4n) is 3.32. The molecule has 0 spiro atoms. The van der Waals surface area contributed by atoms with E-state index in [0.29, 0.717) is 6.54 Å². The molecule has 3 rings (SSSR count).